The van der Waals surface area contributed by atoms with Gasteiger partial charge in [0.25, 0.3) is 11.5 Å². The van der Waals surface area contributed by atoms with Gasteiger partial charge in [0.15, 0.2) is 6.17 Å². The van der Waals surface area contributed by atoms with Gasteiger partial charge in [-0.05, 0) is 50.1 Å². The fourth-order valence-electron chi connectivity index (χ4n) is 3.29. The average molecular weight is 395 g/mol. The van der Waals surface area contributed by atoms with Crippen LogP contribution in [0.4, 0.5) is 11.6 Å². The SMILES string of the molecule is Cc1cc(=O)n2c(n1)NC(Nc1cccc(C)c1C)=[NH+][C@@H]2c1cccc(Cl)c1. The molecule has 6 nitrogen and oxygen atoms in total. The number of anilines is 2. The topological polar surface area (TPSA) is 72.9 Å². The number of benzene rings is 2. The van der Waals surface area contributed by atoms with Crippen molar-refractivity contribution in [1.29, 1.82) is 0 Å². The molecule has 0 saturated carbocycles. The lowest BCUT2D eigenvalue weighted by Gasteiger charge is -2.23. The summed E-state index contributed by atoms with van der Waals surface area (Å²) in [7, 11) is 0. The van der Waals surface area contributed by atoms with Gasteiger partial charge in [-0.3, -0.25) is 9.79 Å². The molecule has 0 saturated heterocycles. The summed E-state index contributed by atoms with van der Waals surface area (Å²) in [6, 6.07) is 15.1. The number of guanidine groups is 1. The largest absolute Gasteiger partial charge is 0.357 e. The lowest BCUT2D eigenvalue weighted by Crippen LogP contribution is -2.82. The zero-order chi connectivity index (χ0) is 19.8. The highest BCUT2D eigenvalue weighted by molar-refractivity contribution is 6.30. The third kappa shape index (κ3) is 3.39. The van der Waals surface area contributed by atoms with Crippen molar-refractivity contribution in [3.8, 4) is 0 Å². The van der Waals surface area contributed by atoms with Gasteiger partial charge in [0.05, 0.1) is 0 Å². The molecule has 2 aromatic carbocycles. The van der Waals surface area contributed by atoms with E-state index in [9.17, 15) is 4.79 Å². The first-order valence-electron chi connectivity index (χ1n) is 9.02. The van der Waals surface area contributed by atoms with Crippen LogP contribution in [0.1, 0.15) is 28.6 Å². The van der Waals surface area contributed by atoms with Crippen LogP contribution in [0.25, 0.3) is 0 Å². The van der Waals surface area contributed by atoms with E-state index in [1.165, 1.54) is 11.6 Å². The Morgan fingerprint density at radius 1 is 1.14 bits per heavy atom. The zero-order valence-electron chi connectivity index (χ0n) is 15.9. The van der Waals surface area contributed by atoms with E-state index in [2.05, 4.69) is 40.5 Å². The molecule has 3 aromatic rings. The number of aryl methyl sites for hydroxylation is 2. The van der Waals surface area contributed by atoms with Gasteiger partial charge >= 0.3 is 5.96 Å². The Bertz CT molecular complexity index is 1150. The second-order valence-corrected chi connectivity index (χ2v) is 7.34. The molecule has 0 amide bonds. The smallest absolute Gasteiger partial charge is 0.269 e. The first kappa shape index (κ1) is 18.3. The van der Waals surface area contributed by atoms with Crippen LogP contribution in [0.15, 0.2) is 53.3 Å². The standard InChI is InChI=1S/C21H20ClN5O/c1-12-6-4-9-17(14(12)3)24-20-25-19(15-7-5-8-16(22)11-15)27-18(28)10-13(2)23-21(27)26-20/h4-11,19H,1-3H3,(H2,23,24,25,26)/p+1/t19-/m0/s1. The van der Waals surface area contributed by atoms with E-state index >= 15 is 0 Å². The highest BCUT2D eigenvalue weighted by atomic mass is 35.5. The lowest BCUT2D eigenvalue weighted by molar-refractivity contribution is -0.520. The number of hydrogen-bond donors (Lipinski definition) is 3. The normalized spacial score (nSPS) is 15.4. The van der Waals surface area contributed by atoms with E-state index in [-0.39, 0.29) is 5.56 Å². The van der Waals surface area contributed by atoms with E-state index in [0.29, 0.717) is 22.6 Å². The molecular formula is C21H21ClN5O+. The molecule has 1 atom stereocenters. The third-order valence-corrected chi connectivity index (χ3v) is 5.12. The fraction of sp³-hybridized carbons (Fsp3) is 0.190. The maximum absolute atomic E-state index is 12.7. The van der Waals surface area contributed by atoms with Crippen LogP contribution in [0.3, 0.4) is 0 Å². The van der Waals surface area contributed by atoms with Gasteiger partial charge in [-0.15, -0.1) is 0 Å². The summed E-state index contributed by atoms with van der Waals surface area (Å²) in [6.45, 7) is 5.94. The number of nitrogens with one attached hydrogen (secondary N) is 3. The third-order valence-electron chi connectivity index (χ3n) is 4.89. The second-order valence-electron chi connectivity index (χ2n) is 6.90. The van der Waals surface area contributed by atoms with Gasteiger partial charge < -0.3 is 0 Å². The highest BCUT2D eigenvalue weighted by Crippen LogP contribution is 2.21. The summed E-state index contributed by atoms with van der Waals surface area (Å²) in [5.74, 6) is 1.12. The van der Waals surface area contributed by atoms with Crippen LogP contribution in [0.2, 0.25) is 5.02 Å². The number of aromatic nitrogens is 2. The molecule has 7 heteroatoms. The van der Waals surface area contributed by atoms with Crippen molar-refractivity contribution in [3.05, 3.63) is 86.3 Å². The Kier molecular flexibility index (Phi) is 4.65. The molecule has 0 unspecified atom stereocenters. The van der Waals surface area contributed by atoms with E-state index in [0.717, 1.165) is 16.8 Å². The van der Waals surface area contributed by atoms with E-state index < -0.39 is 6.17 Å². The summed E-state index contributed by atoms with van der Waals surface area (Å²) < 4.78 is 1.59. The van der Waals surface area contributed by atoms with Gasteiger partial charge in [-0.1, -0.05) is 35.9 Å². The average Bonchev–Trinajstić information content (AvgIpc) is 2.64. The summed E-state index contributed by atoms with van der Waals surface area (Å²) in [6.07, 6.45) is -0.442. The van der Waals surface area contributed by atoms with Gasteiger partial charge in [-0.2, -0.15) is 0 Å². The van der Waals surface area contributed by atoms with Gasteiger partial charge in [-0.25, -0.2) is 20.2 Å². The molecule has 0 fully saturated rings. The predicted octanol–water partition coefficient (Wildman–Crippen LogP) is 2.34. The molecule has 28 heavy (non-hydrogen) atoms. The Morgan fingerprint density at radius 2 is 1.93 bits per heavy atom. The summed E-state index contributed by atoms with van der Waals surface area (Å²) in [5.41, 5.74) is 4.70. The molecule has 1 aromatic heterocycles. The van der Waals surface area contributed by atoms with Crippen molar-refractivity contribution in [2.75, 3.05) is 10.6 Å². The van der Waals surface area contributed by atoms with Crippen LogP contribution in [-0.4, -0.2) is 15.5 Å². The molecule has 1 aliphatic rings. The molecule has 2 heterocycles. The maximum Gasteiger partial charge on any atom is 0.357 e. The minimum Gasteiger partial charge on any atom is -0.269 e. The Balaban J connectivity index is 1.82. The van der Waals surface area contributed by atoms with E-state index in [4.69, 9.17) is 11.6 Å². The van der Waals surface area contributed by atoms with Gasteiger partial charge in [0.1, 0.15) is 5.69 Å². The lowest BCUT2D eigenvalue weighted by atomic mass is 10.1. The highest BCUT2D eigenvalue weighted by Gasteiger charge is 2.29. The molecule has 4 rings (SSSR count). The second kappa shape index (κ2) is 7.13. The summed E-state index contributed by atoms with van der Waals surface area (Å²) >= 11 is 6.19. The summed E-state index contributed by atoms with van der Waals surface area (Å²) in [5, 5.41) is 7.20. The molecule has 3 N–H and O–H groups in total. The van der Waals surface area contributed by atoms with Crippen molar-refractivity contribution in [2.24, 2.45) is 0 Å². The first-order valence-corrected chi connectivity index (χ1v) is 9.39. The van der Waals surface area contributed by atoms with Crippen molar-refractivity contribution >= 4 is 29.2 Å². The minimum atomic E-state index is -0.442. The molecule has 0 radical (unpaired) electrons. The minimum absolute atomic E-state index is 0.140. The van der Waals surface area contributed by atoms with E-state index in [1.54, 1.807) is 11.5 Å². The zero-order valence-corrected chi connectivity index (χ0v) is 16.6. The van der Waals surface area contributed by atoms with Gasteiger partial charge in [0.2, 0.25) is 0 Å². The van der Waals surface area contributed by atoms with Crippen LogP contribution in [0.5, 0.6) is 0 Å². The molecule has 142 valence electrons. The van der Waals surface area contributed by atoms with E-state index in [1.807, 2.05) is 36.4 Å². The quantitative estimate of drug-likeness (QED) is 0.623. The molecule has 1 aliphatic heterocycles. The van der Waals surface area contributed by atoms with Crippen LogP contribution >= 0.6 is 11.6 Å². The van der Waals surface area contributed by atoms with Crippen molar-refractivity contribution < 1.29 is 4.99 Å². The van der Waals surface area contributed by atoms with Gasteiger partial charge in [0, 0.05) is 22.3 Å². The maximum atomic E-state index is 12.7. The monoisotopic (exact) mass is 394 g/mol. The Hall–Kier alpha value is -3.12. The number of nitrogens with zero attached hydrogens (tertiary/aromatic N) is 2. The molecule has 0 spiro atoms. The van der Waals surface area contributed by atoms with Crippen molar-refractivity contribution in [2.45, 2.75) is 26.9 Å². The Labute approximate surface area is 167 Å². The molecule has 0 aliphatic carbocycles. The summed E-state index contributed by atoms with van der Waals surface area (Å²) in [4.78, 5) is 20.6. The van der Waals surface area contributed by atoms with Crippen molar-refractivity contribution in [1.82, 2.24) is 9.55 Å². The van der Waals surface area contributed by atoms with Crippen LogP contribution < -0.4 is 21.2 Å². The molecular weight excluding hydrogens is 374 g/mol. The number of rotatable bonds is 2. The number of hydrogen-bond acceptors (Lipinski definition) is 4. The van der Waals surface area contributed by atoms with Crippen LogP contribution in [-0.2, 0) is 0 Å². The number of fused-ring (bicyclic) bond motifs is 1. The van der Waals surface area contributed by atoms with Crippen LogP contribution in [0, 0.1) is 20.8 Å². The fourth-order valence-corrected chi connectivity index (χ4v) is 3.49. The first-order chi connectivity index (χ1) is 13.4. The predicted molar refractivity (Wildman–Crippen MR) is 112 cm³/mol. The number of halogens is 1. The Morgan fingerprint density at radius 3 is 2.71 bits per heavy atom. The van der Waals surface area contributed by atoms with Crippen molar-refractivity contribution in [3.63, 3.8) is 0 Å². The molecule has 0 bridgehead atoms.